The van der Waals surface area contributed by atoms with E-state index in [1.54, 1.807) is 29.5 Å². The Morgan fingerprint density at radius 2 is 1.93 bits per heavy atom. The third-order valence-corrected chi connectivity index (χ3v) is 6.03. The highest BCUT2D eigenvalue weighted by Gasteiger charge is 2.38. The van der Waals surface area contributed by atoms with Crippen molar-refractivity contribution in [2.24, 2.45) is 5.10 Å². The van der Waals surface area contributed by atoms with Gasteiger partial charge in [0.15, 0.2) is 17.6 Å². The van der Waals surface area contributed by atoms with Crippen LogP contribution in [0, 0.1) is 0 Å². The van der Waals surface area contributed by atoms with Crippen molar-refractivity contribution in [2.75, 3.05) is 14.2 Å². The second-order valence-electron chi connectivity index (χ2n) is 6.85. The number of benzene rings is 2. The van der Waals surface area contributed by atoms with Crippen molar-refractivity contribution in [3.8, 4) is 11.5 Å². The van der Waals surface area contributed by atoms with Crippen LogP contribution in [-0.4, -0.2) is 36.0 Å². The van der Waals surface area contributed by atoms with Crippen LogP contribution >= 0.6 is 11.3 Å². The van der Waals surface area contributed by atoms with E-state index >= 15 is 0 Å². The molecule has 0 bridgehead atoms. The third-order valence-electron chi connectivity index (χ3n) is 5.11. The summed E-state index contributed by atoms with van der Waals surface area (Å²) in [6.07, 6.45) is -0.314. The quantitative estimate of drug-likeness (QED) is 0.634. The summed E-state index contributed by atoms with van der Waals surface area (Å²) in [5.74, 6) is 0.0809. The Hall–Kier alpha value is -3.16. The van der Waals surface area contributed by atoms with Gasteiger partial charge >= 0.3 is 0 Å². The monoisotopic (exact) mass is 422 g/mol. The molecule has 0 saturated carbocycles. The molecule has 0 spiro atoms. The summed E-state index contributed by atoms with van der Waals surface area (Å²) in [5, 5.41) is 18.8. The van der Waals surface area contributed by atoms with E-state index in [1.165, 1.54) is 19.2 Å². The molecule has 1 aliphatic heterocycles. The molecular formula is C23H22N2O4S. The number of methoxy groups -OCH3 is 2. The van der Waals surface area contributed by atoms with Crippen LogP contribution in [0.25, 0.3) is 0 Å². The van der Waals surface area contributed by atoms with E-state index in [1.807, 2.05) is 47.8 Å². The minimum Gasteiger partial charge on any atom is -0.504 e. The number of ether oxygens (including phenoxy) is 2. The molecule has 3 aromatic rings. The summed E-state index contributed by atoms with van der Waals surface area (Å²) in [6.45, 7) is 0. The van der Waals surface area contributed by atoms with Gasteiger partial charge in [0, 0.05) is 19.1 Å². The number of carbonyl (C=O) groups is 1. The molecule has 2 atom stereocenters. The summed E-state index contributed by atoms with van der Waals surface area (Å²) >= 11 is 1.57. The van der Waals surface area contributed by atoms with E-state index in [0.717, 1.165) is 16.2 Å². The molecule has 0 saturated heterocycles. The number of amides is 1. The van der Waals surface area contributed by atoms with Crippen molar-refractivity contribution in [2.45, 2.75) is 18.6 Å². The van der Waals surface area contributed by atoms with Gasteiger partial charge in [-0.1, -0.05) is 48.5 Å². The van der Waals surface area contributed by atoms with Crippen LogP contribution in [0.15, 0.2) is 71.1 Å². The lowest BCUT2D eigenvalue weighted by molar-refractivity contribution is -0.144. The lowest BCUT2D eigenvalue weighted by Gasteiger charge is -2.26. The zero-order valence-corrected chi connectivity index (χ0v) is 17.5. The Kier molecular flexibility index (Phi) is 5.83. The molecular weight excluding hydrogens is 400 g/mol. The summed E-state index contributed by atoms with van der Waals surface area (Å²) in [6, 6.07) is 18.1. The molecule has 1 aliphatic rings. The maximum Gasteiger partial charge on any atom is 0.276 e. The summed E-state index contributed by atoms with van der Waals surface area (Å²) in [5.41, 5.74) is 2.13. The van der Waals surface area contributed by atoms with Crippen LogP contribution in [0.3, 0.4) is 0 Å². The topological polar surface area (TPSA) is 71.4 Å². The van der Waals surface area contributed by atoms with E-state index in [-0.39, 0.29) is 11.7 Å². The number of nitrogens with zero attached hydrogens (tertiary/aromatic N) is 2. The molecule has 30 heavy (non-hydrogen) atoms. The molecule has 154 valence electrons. The van der Waals surface area contributed by atoms with Crippen LogP contribution < -0.4 is 4.74 Å². The Bertz CT molecular complexity index is 1050. The molecule has 2 heterocycles. The first-order valence-electron chi connectivity index (χ1n) is 9.52. The lowest BCUT2D eigenvalue weighted by atomic mass is 9.99. The molecule has 6 nitrogen and oxygen atoms in total. The molecule has 1 N–H and O–H groups in total. The SMILES string of the molecule is COc1cccc([C@H]2CC(c3cccs3)=NN2C(=O)[C@@H](OC)c2ccccc2)c1O. The fraction of sp³-hybridized carbons (Fsp3) is 0.217. The number of rotatable bonds is 6. The van der Waals surface area contributed by atoms with Crippen molar-refractivity contribution < 1.29 is 19.4 Å². The standard InChI is InChI=1S/C23H22N2O4S/c1-28-19-11-6-10-16(21(19)26)18-14-17(20-12-7-13-30-20)24-25(18)23(27)22(29-2)15-8-4-3-5-9-15/h3-13,18,22,26H,14H2,1-2H3/t18-,22+/m1/s1. The Balaban J connectivity index is 1.75. The summed E-state index contributed by atoms with van der Waals surface area (Å²) in [7, 11) is 3.01. The van der Waals surface area contributed by atoms with Gasteiger partial charge in [-0.25, -0.2) is 5.01 Å². The zero-order chi connectivity index (χ0) is 21.1. The molecule has 0 fully saturated rings. The molecule has 7 heteroatoms. The Morgan fingerprint density at radius 1 is 1.13 bits per heavy atom. The largest absolute Gasteiger partial charge is 0.504 e. The van der Waals surface area contributed by atoms with Gasteiger partial charge in [-0.15, -0.1) is 11.3 Å². The number of phenols is 1. The van der Waals surface area contributed by atoms with Gasteiger partial charge < -0.3 is 14.6 Å². The normalized spacial score (nSPS) is 16.9. The van der Waals surface area contributed by atoms with Crippen LogP contribution in [0.1, 0.15) is 34.6 Å². The highest BCUT2D eigenvalue weighted by molar-refractivity contribution is 7.12. The van der Waals surface area contributed by atoms with Gasteiger partial charge in [0.25, 0.3) is 5.91 Å². The van der Waals surface area contributed by atoms with Crippen molar-refractivity contribution in [1.29, 1.82) is 0 Å². The van der Waals surface area contributed by atoms with Crippen LogP contribution in [-0.2, 0) is 9.53 Å². The van der Waals surface area contributed by atoms with Gasteiger partial charge in [-0.2, -0.15) is 5.10 Å². The van der Waals surface area contributed by atoms with Crippen LogP contribution in [0.5, 0.6) is 11.5 Å². The molecule has 1 aromatic heterocycles. The molecule has 0 aliphatic carbocycles. The van der Waals surface area contributed by atoms with Gasteiger partial charge in [0.1, 0.15) is 0 Å². The van der Waals surface area contributed by atoms with E-state index in [4.69, 9.17) is 9.47 Å². The van der Waals surface area contributed by atoms with Crippen molar-refractivity contribution in [1.82, 2.24) is 5.01 Å². The number of thiophene rings is 1. The minimum atomic E-state index is -0.798. The summed E-state index contributed by atoms with van der Waals surface area (Å²) < 4.78 is 10.8. The second-order valence-corrected chi connectivity index (χ2v) is 7.80. The average molecular weight is 423 g/mol. The smallest absolute Gasteiger partial charge is 0.276 e. The second kappa shape index (κ2) is 8.69. The molecule has 1 amide bonds. The number of carbonyl (C=O) groups excluding carboxylic acids is 1. The Labute approximate surface area is 179 Å². The van der Waals surface area contributed by atoms with Crippen molar-refractivity contribution in [3.05, 3.63) is 82.0 Å². The first-order valence-corrected chi connectivity index (χ1v) is 10.4. The average Bonchev–Trinajstić information content (AvgIpc) is 3.45. The highest BCUT2D eigenvalue weighted by atomic mass is 32.1. The highest BCUT2D eigenvalue weighted by Crippen LogP contribution is 2.42. The van der Waals surface area contributed by atoms with Gasteiger partial charge in [0.05, 0.1) is 23.7 Å². The minimum absolute atomic E-state index is 0.0131. The molecule has 0 unspecified atom stereocenters. The number of hydrogen-bond acceptors (Lipinski definition) is 6. The van der Waals surface area contributed by atoms with Gasteiger partial charge in [-0.05, 0) is 23.1 Å². The van der Waals surface area contributed by atoms with E-state index in [2.05, 4.69) is 5.10 Å². The fourth-order valence-electron chi connectivity index (χ4n) is 3.65. The van der Waals surface area contributed by atoms with Crippen molar-refractivity contribution >= 4 is 23.0 Å². The van der Waals surface area contributed by atoms with Gasteiger partial charge in [0.2, 0.25) is 0 Å². The third kappa shape index (κ3) is 3.69. The number of hydrazone groups is 1. The Morgan fingerprint density at radius 3 is 2.60 bits per heavy atom. The molecule has 0 radical (unpaired) electrons. The maximum atomic E-state index is 13.5. The lowest BCUT2D eigenvalue weighted by Crippen LogP contribution is -2.32. The van der Waals surface area contributed by atoms with E-state index in [0.29, 0.717) is 17.7 Å². The van der Waals surface area contributed by atoms with E-state index in [9.17, 15) is 9.90 Å². The first kappa shape index (κ1) is 20.1. The number of hydrogen-bond donors (Lipinski definition) is 1. The predicted molar refractivity (Wildman–Crippen MR) is 116 cm³/mol. The fourth-order valence-corrected chi connectivity index (χ4v) is 4.37. The van der Waals surface area contributed by atoms with Crippen molar-refractivity contribution in [3.63, 3.8) is 0 Å². The predicted octanol–water partition coefficient (Wildman–Crippen LogP) is 4.53. The number of phenolic OH excluding ortho intramolecular Hbond substituents is 1. The summed E-state index contributed by atoms with van der Waals surface area (Å²) in [4.78, 5) is 14.5. The van der Waals surface area contributed by atoms with Gasteiger partial charge in [-0.3, -0.25) is 4.79 Å². The first-order chi connectivity index (χ1) is 14.6. The number of aromatic hydroxyl groups is 1. The van der Waals surface area contributed by atoms with Crippen LogP contribution in [0.4, 0.5) is 0 Å². The zero-order valence-electron chi connectivity index (χ0n) is 16.7. The van der Waals surface area contributed by atoms with E-state index < -0.39 is 12.1 Å². The molecule has 4 rings (SSSR count). The molecule has 2 aromatic carbocycles. The van der Waals surface area contributed by atoms with Crippen LogP contribution in [0.2, 0.25) is 0 Å². The maximum absolute atomic E-state index is 13.5. The number of para-hydroxylation sites is 1.